The molecule has 1 aromatic heterocycles. The van der Waals surface area contributed by atoms with Gasteiger partial charge in [0.2, 0.25) is 0 Å². The van der Waals surface area contributed by atoms with Crippen molar-refractivity contribution < 1.29 is 0 Å². The van der Waals surface area contributed by atoms with Crippen molar-refractivity contribution >= 4 is 11.3 Å². The lowest BCUT2D eigenvalue weighted by atomic mass is 10.2. The van der Waals surface area contributed by atoms with Gasteiger partial charge in [-0.3, -0.25) is 0 Å². The largest absolute Gasteiger partial charge is 0.311 e. The van der Waals surface area contributed by atoms with Crippen LogP contribution < -0.4 is 5.32 Å². The van der Waals surface area contributed by atoms with Gasteiger partial charge in [-0.15, -0.1) is 23.2 Å². The molecule has 0 fully saturated rings. The van der Waals surface area contributed by atoms with Crippen LogP contribution in [-0.2, 0) is 6.54 Å². The van der Waals surface area contributed by atoms with Gasteiger partial charge in [-0.05, 0) is 24.6 Å². The summed E-state index contributed by atoms with van der Waals surface area (Å²) in [5.74, 6) is 5.96. The van der Waals surface area contributed by atoms with E-state index < -0.39 is 0 Å². The third kappa shape index (κ3) is 3.73. The molecular weight excluding hydrogens is 238 g/mol. The summed E-state index contributed by atoms with van der Waals surface area (Å²) in [5.41, 5.74) is 1.30. The normalized spacial score (nSPS) is 9.83. The lowest BCUT2D eigenvalue weighted by Crippen LogP contribution is -2.13. The average Bonchev–Trinajstić information content (AvgIpc) is 2.88. The fraction of sp³-hybridized carbons (Fsp3) is 0.250. The Morgan fingerprint density at radius 1 is 1.11 bits per heavy atom. The van der Waals surface area contributed by atoms with Gasteiger partial charge in [-0.1, -0.05) is 30.3 Å². The highest BCUT2D eigenvalue weighted by Crippen LogP contribution is 2.27. The Hall–Kier alpha value is -1.56. The molecule has 92 valence electrons. The number of thiophene rings is 1. The summed E-state index contributed by atoms with van der Waals surface area (Å²) in [6, 6.07) is 14.9. The van der Waals surface area contributed by atoms with Crippen LogP contribution in [0.25, 0.3) is 10.4 Å². The van der Waals surface area contributed by atoms with Crippen molar-refractivity contribution in [2.24, 2.45) is 0 Å². The molecule has 0 aliphatic rings. The fourth-order valence-corrected chi connectivity index (χ4v) is 2.70. The van der Waals surface area contributed by atoms with E-state index in [0.29, 0.717) is 0 Å². The zero-order chi connectivity index (χ0) is 12.6. The Labute approximate surface area is 113 Å². The van der Waals surface area contributed by atoms with Crippen molar-refractivity contribution in [3.8, 4) is 22.3 Å². The Morgan fingerprint density at radius 3 is 2.72 bits per heavy atom. The van der Waals surface area contributed by atoms with E-state index in [9.17, 15) is 0 Å². The van der Waals surface area contributed by atoms with Crippen molar-refractivity contribution in [2.75, 3.05) is 6.54 Å². The van der Waals surface area contributed by atoms with Gasteiger partial charge >= 0.3 is 0 Å². The predicted octanol–water partition coefficient (Wildman–Crippen LogP) is 3.92. The fourth-order valence-electron chi connectivity index (χ4n) is 1.72. The van der Waals surface area contributed by atoms with E-state index in [1.807, 2.05) is 24.3 Å². The van der Waals surface area contributed by atoms with Crippen molar-refractivity contribution in [2.45, 2.75) is 19.9 Å². The molecule has 1 heterocycles. The van der Waals surface area contributed by atoms with Crippen LogP contribution in [0, 0.1) is 11.8 Å². The molecule has 0 aliphatic carbocycles. The first-order valence-corrected chi connectivity index (χ1v) is 6.96. The topological polar surface area (TPSA) is 12.0 Å². The van der Waals surface area contributed by atoms with Gasteiger partial charge in [-0.25, -0.2) is 0 Å². The molecule has 0 bridgehead atoms. The summed E-state index contributed by atoms with van der Waals surface area (Å²) in [6.07, 6.45) is 0.924. The molecule has 0 spiro atoms. The van der Waals surface area contributed by atoms with Crippen molar-refractivity contribution in [1.82, 2.24) is 5.32 Å². The number of nitrogens with one attached hydrogen (secondary N) is 1. The van der Waals surface area contributed by atoms with Crippen molar-refractivity contribution in [3.05, 3.63) is 47.3 Å². The zero-order valence-corrected chi connectivity index (χ0v) is 11.4. The first-order valence-electron chi connectivity index (χ1n) is 6.14. The van der Waals surface area contributed by atoms with E-state index in [1.54, 1.807) is 0 Å². The maximum absolute atomic E-state index is 3.41. The molecule has 0 saturated carbocycles. The Kier molecular flexibility index (Phi) is 5.01. The molecule has 1 aromatic carbocycles. The molecule has 1 nitrogen and oxygen atoms in total. The molecule has 0 atom stereocenters. The van der Waals surface area contributed by atoms with E-state index >= 15 is 0 Å². The first kappa shape index (κ1) is 12.9. The van der Waals surface area contributed by atoms with Gasteiger partial charge in [0.05, 0.1) is 0 Å². The van der Waals surface area contributed by atoms with E-state index in [-0.39, 0.29) is 0 Å². The maximum Gasteiger partial charge on any atom is 0.0346 e. The van der Waals surface area contributed by atoms with Gasteiger partial charge in [0.25, 0.3) is 0 Å². The summed E-state index contributed by atoms with van der Waals surface area (Å²) < 4.78 is 0. The van der Waals surface area contributed by atoms with Gasteiger partial charge in [0, 0.05) is 29.3 Å². The van der Waals surface area contributed by atoms with Crippen LogP contribution in [0.2, 0.25) is 0 Å². The van der Waals surface area contributed by atoms with Crippen LogP contribution in [0.3, 0.4) is 0 Å². The summed E-state index contributed by atoms with van der Waals surface area (Å²) in [5, 5.41) is 3.41. The lowest BCUT2D eigenvalue weighted by Gasteiger charge is -1.99. The molecule has 0 radical (unpaired) electrons. The van der Waals surface area contributed by atoms with E-state index in [4.69, 9.17) is 0 Å². The molecule has 18 heavy (non-hydrogen) atoms. The van der Waals surface area contributed by atoms with Gasteiger partial charge in [0.1, 0.15) is 0 Å². The third-order valence-corrected chi connectivity index (χ3v) is 3.76. The molecule has 2 heteroatoms. The van der Waals surface area contributed by atoms with Crippen LogP contribution in [0.4, 0.5) is 0 Å². The van der Waals surface area contributed by atoms with E-state index in [2.05, 4.69) is 53.6 Å². The highest BCUT2D eigenvalue weighted by atomic mass is 32.1. The Morgan fingerprint density at radius 2 is 1.94 bits per heavy atom. The lowest BCUT2D eigenvalue weighted by molar-refractivity contribution is 0.708. The molecule has 0 unspecified atom stereocenters. The average molecular weight is 255 g/mol. The Bertz CT molecular complexity index is 531. The van der Waals surface area contributed by atoms with E-state index in [0.717, 1.165) is 19.5 Å². The minimum atomic E-state index is 0.924. The first-order chi connectivity index (χ1) is 8.90. The molecule has 0 saturated heterocycles. The number of benzene rings is 1. The molecule has 1 N–H and O–H groups in total. The smallest absolute Gasteiger partial charge is 0.0346 e. The molecule has 2 aromatic rings. The number of rotatable bonds is 5. The summed E-state index contributed by atoms with van der Waals surface area (Å²) >= 11 is 1.85. The molecule has 0 aliphatic heterocycles. The molecular formula is C16H17NS. The quantitative estimate of drug-likeness (QED) is 0.631. The minimum absolute atomic E-state index is 0.924. The van der Waals surface area contributed by atoms with E-state index in [1.165, 1.54) is 15.3 Å². The second-order valence-corrected chi connectivity index (χ2v) is 5.15. The van der Waals surface area contributed by atoms with Gasteiger partial charge in [-0.2, -0.15) is 0 Å². The van der Waals surface area contributed by atoms with Gasteiger partial charge in [0.15, 0.2) is 0 Å². The minimum Gasteiger partial charge on any atom is -0.311 e. The standard InChI is InChI=1S/C16H17NS/c1-2-3-7-12-17-13-15-10-11-16(18-15)14-8-5-4-6-9-14/h4-6,8-11,17H,7,12-13H2,1H3. The van der Waals surface area contributed by atoms with Gasteiger partial charge < -0.3 is 5.32 Å². The van der Waals surface area contributed by atoms with Crippen LogP contribution in [0.1, 0.15) is 18.2 Å². The van der Waals surface area contributed by atoms with Crippen LogP contribution in [0.5, 0.6) is 0 Å². The second-order valence-electron chi connectivity index (χ2n) is 3.99. The second kappa shape index (κ2) is 7.00. The third-order valence-electron chi connectivity index (χ3n) is 2.62. The number of hydrogen-bond donors (Lipinski definition) is 1. The predicted molar refractivity (Wildman–Crippen MR) is 79.5 cm³/mol. The van der Waals surface area contributed by atoms with Crippen LogP contribution in [-0.4, -0.2) is 6.54 Å². The Balaban J connectivity index is 1.88. The monoisotopic (exact) mass is 255 g/mol. The molecule has 0 amide bonds. The molecule has 2 rings (SSSR count). The summed E-state index contributed by atoms with van der Waals surface area (Å²) in [4.78, 5) is 2.71. The van der Waals surface area contributed by atoms with Crippen LogP contribution in [0.15, 0.2) is 42.5 Å². The summed E-state index contributed by atoms with van der Waals surface area (Å²) in [6.45, 7) is 3.77. The van der Waals surface area contributed by atoms with Crippen molar-refractivity contribution in [1.29, 1.82) is 0 Å². The highest BCUT2D eigenvalue weighted by Gasteiger charge is 2.01. The highest BCUT2D eigenvalue weighted by molar-refractivity contribution is 7.15. The maximum atomic E-state index is 3.41. The van der Waals surface area contributed by atoms with Crippen LogP contribution >= 0.6 is 11.3 Å². The van der Waals surface area contributed by atoms with Crippen molar-refractivity contribution in [3.63, 3.8) is 0 Å². The SMILES string of the molecule is CC#CCCNCc1ccc(-c2ccccc2)s1. The summed E-state index contributed by atoms with van der Waals surface area (Å²) in [7, 11) is 0. The number of hydrogen-bond acceptors (Lipinski definition) is 2. The zero-order valence-electron chi connectivity index (χ0n) is 10.6.